The van der Waals surface area contributed by atoms with Crippen molar-refractivity contribution in [3.63, 3.8) is 0 Å². The lowest BCUT2D eigenvalue weighted by atomic mass is 10.2. The molecule has 2 amide bonds. The van der Waals surface area contributed by atoms with E-state index in [0.717, 1.165) is 10.5 Å². The SMILES string of the molecule is Cc1ccc(NC2=C(Cl)C(=O)N(c3cccc(C(=O)OC(C)C)c3)C2=O)cc1Cl. The smallest absolute Gasteiger partial charge is 0.338 e. The molecule has 1 N–H and O–H groups in total. The van der Waals surface area contributed by atoms with Gasteiger partial charge in [0.05, 0.1) is 17.4 Å². The van der Waals surface area contributed by atoms with Crippen LogP contribution in [0.4, 0.5) is 11.4 Å². The molecule has 6 nitrogen and oxygen atoms in total. The largest absolute Gasteiger partial charge is 0.459 e. The molecule has 1 aliphatic heterocycles. The van der Waals surface area contributed by atoms with Crippen molar-refractivity contribution < 1.29 is 19.1 Å². The van der Waals surface area contributed by atoms with E-state index in [4.69, 9.17) is 27.9 Å². The number of rotatable bonds is 5. The molecule has 0 saturated heterocycles. The van der Waals surface area contributed by atoms with Gasteiger partial charge in [0.1, 0.15) is 10.7 Å². The monoisotopic (exact) mass is 432 g/mol. The number of halogens is 2. The lowest BCUT2D eigenvalue weighted by molar-refractivity contribution is -0.120. The number of nitrogens with zero attached hydrogens (tertiary/aromatic N) is 1. The van der Waals surface area contributed by atoms with Crippen molar-refractivity contribution >= 4 is 52.4 Å². The lowest BCUT2D eigenvalue weighted by Crippen LogP contribution is -2.32. The van der Waals surface area contributed by atoms with Crippen molar-refractivity contribution in [2.24, 2.45) is 0 Å². The minimum atomic E-state index is -0.688. The molecule has 0 saturated carbocycles. The summed E-state index contributed by atoms with van der Waals surface area (Å²) in [7, 11) is 0. The van der Waals surface area contributed by atoms with Gasteiger partial charge < -0.3 is 10.1 Å². The van der Waals surface area contributed by atoms with E-state index in [1.54, 1.807) is 44.2 Å². The summed E-state index contributed by atoms with van der Waals surface area (Å²) >= 11 is 12.3. The number of anilines is 2. The Bertz CT molecular complexity index is 1050. The standard InChI is InChI=1S/C21H18Cl2N2O4/c1-11(2)29-21(28)13-5-4-6-15(9-13)25-19(26)17(23)18(20(25)27)24-14-8-7-12(3)16(22)10-14/h4-11,24H,1-3H3. The van der Waals surface area contributed by atoms with Crippen LogP contribution >= 0.6 is 23.2 Å². The van der Waals surface area contributed by atoms with E-state index in [1.165, 1.54) is 12.1 Å². The number of carbonyl (C=O) groups is 3. The molecule has 8 heteroatoms. The summed E-state index contributed by atoms with van der Waals surface area (Å²) in [5, 5.41) is 3.12. The zero-order valence-electron chi connectivity index (χ0n) is 16.0. The fourth-order valence-electron chi connectivity index (χ4n) is 2.71. The van der Waals surface area contributed by atoms with Crippen LogP contribution < -0.4 is 10.2 Å². The Hall–Kier alpha value is -2.83. The molecule has 3 rings (SSSR count). The molecular weight excluding hydrogens is 415 g/mol. The predicted molar refractivity (Wildman–Crippen MR) is 112 cm³/mol. The number of carbonyl (C=O) groups excluding carboxylic acids is 3. The van der Waals surface area contributed by atoms with Crippen LogP contribution in [0.15, 0.2) is 53.2 Å². The van der Waals surface area contributed by atoms with Gasteiger partial charge in [0.15, 0.2) is 0 Å². The molecule has 0 bridgehead atoms. The summed E-state index contributed by atoms with van der Waals surface area (Å²) in [6, 6.07) is 11.2. The second kappa shape index (κ2) is 8.27. The summed E-state index contributed by atoms with van der Waals surface area (Å²) in [5.74, 6) is -1.87. The van der Waals surface area contributed by atoms with Crippen molar-refractivity contribution in [3.8, 4) is 0 Å². The highest BCUT2D eigenvalue weighted by Gasteiger charge is 2.39. The number of aryl methyl sites for hydroxylation is 1. The molecule has 0 aliphatic carbocycles. The molecule has 0 radical (unpaired) electrons. The van der Waals surface area contributed by atoms with Crippen LogP contribution in [0, 0.1) is 6.92 Å². The average molecular weight is 433 g/mol. The Morgan fingerprint density at radius 1 is 1.07 bits per heavy atom. The summed E-state index contributed by atoms with van der Waals surface area (Å²) < 4.78 is 5.16. The first kappa shape index (κ1) is 20.9. The third-order valence-electron chi connectivity index (χ3n) is 4.15. The second-order valence-corrected chi connectivity index (χ2v) is 7.51. The quantitative estimate of drug-likeness (QED) is 0.549. The second-order valence-electron chi connectivity index (χ2n) is 6.73. The minimum absolute atomic E-state index is 0.0632. The van der Waals surface area contributed by atoms with E-state index >= 15 is 0 Å². The van der Waals surface area contributed by atoms with Crippen LogP contribution in [0.2, 0.25) is 5.02 Å². The number of hydrogen-bond donors (Lipinski definition) is 1. The lowest BCUT2D eigenvalue weighted by Gasteiger charge is -2.16. The third-order valence-corrected chi connectivity index (χ3v) is 4.91. The molecule has 29 heavy (non-hydrogen) atoms. The van der Waals surface area contributed by atoms with Gasteiger partial charge in [-0.1, -0.05) is 35.3 Å². The Morgan fingerprint density at radius 2 is 1.79 bits per heavy atom. The highest BCUT2D eigenvalue weighted by Crippen LogP contribution is 2.31. The maximum Gasteiger partial charge on any atom is 0.338 e. The van der Waals surface area contributed by atoms with Crippen molar-refractivity contribution in [3.05, 3.63) is 69.3 Å². The first-order valence-electron chi connectivity index (χ1n) is 8.82. The molecule has 2 aromatic carbocycles. The van der Waals surface area contributed by atoms with Gasteiger partial charge in [-0.3, -0.25) is 9.59 Å². The van der Waals surface area contributed by atoms with Crippen LogP contribution in [0.1, 0.15) is 29.8 Å². The average Bonchev–Trinajstić information content (AvgIpc) is 2.87. The van der Waals surface area contributed by atoms with Gasteiger partial charge in [0.2, 0.25) is 0 Å². The topological polar surface area (TPSA) is 75.7 Å². The zero-order valence-corrected chi connectivity index (χ0v) is 17.5. The van der Waals surface area contributed by atoms with Gasteiger partial charge in [-0.25, -0.2) is 9.69 Å². The number of ether oxygens (including phenoxy) is 1. The Labute approximate surface area is 178 Å². The number of amides is 2. The molecule has 0 spiro atoms. The zero-order chi connectivity index (χ0) is 21.3. The first-order chi connectivity index (χ1) is 13.7. The molecule has 1 aliphatic rings. The molecule has 0 fully saturated rings. The summed E-state index contributed by atoms with van der Waals surface area (Å²) in [6.07, 6.45) is -0.297. The summed E-state index contributed by atoms with van der Waals surface area (Å²) in [4.78, 5) is 38.6. The highest BCUT2D eigenvalue weighted by molar-refractivity contribution is 6.53. The Kier molecular flexibility index (Phi) is 5.96. The van der Waals surface area contributed by atoms with Crippen LogP contribution in [0.25, 0.3) is 0 Å². The van der Waals surface area contributed by atoms with E-state index in [9.17, 15) is 14.4 Å². The summed E-state index contributed by atoms with van der Waals surface area (Å²) in [5.41, 5.74) is 1.77. The van der Waals surface area contributed by atoms with E-state index in [1.807, 2.05) is 6.92 Å². The van der Waals surface area contributed by atoms with Crippen molar-refractivity contribution in [1.29, 1.82) is 0 Å². The molecule has 150 valence electrons. The van der Waals surface area contributed by atoms with Crippen molar-refractivity contribution in [2.75, 3.05) is 10.2 Å². The maximum absolute atomic E-state index is 12.9. The van der Waals surface area contributed by atoms with E-state index in [-0.39, 0.29) is 28.1 Å². The maximum atomic E-state index is 12.9. The Morgan fingerprint density at radius 3 is 2.45 bits per heavy atom. The molecular formula is C21H18Cl2N2O4. The van der Waals surface area contributed by atoms with Crippen LogP contribution in [0.3, 0.4) is 0 Å². The van der Waals surface area contributed by atoms with Crippen LogP contribution in [-0.4, -0.2) is 23.9 Å². The third kappa shape index (κ3) is 4.28. The molecule has 1 heterocycles. The van der Waals surface area contributed by atoms with Crippen LogP contribution in [0.5, 0.6) is 0 Å². The number of benzene rings is 2. The van der Waals surface area contributed by atoms with Gasteiger partial charge in [0, 0.05) is 10.7 Å². The van der Waals surface area contributed by atoms with Gasteiger partial charge in [-0.15, -0.1) is 0 Å². The van der Waals surface area contributed by atoms with E-state index in [2.05, 4.69) is 5.32 Å². The highest BCUT2D eigenvalue weighted by atomic mass is 35.5. The minimum Gasteiger partial charge on any atom is -0.459 e. The van der Waals surface area contributed by atoms with Gasteiger partial charge >= 0.3 is 5.97 Å². The number of esters is 1. The van der Waals surface area contributed by atoms with Crippen molar-refractivity contribution in [1.82, 2.24) is 0 Å². The van der Waals surface area contributed by atoms with Crippen molar-refractivity contribution in [2.45, 2.75) is 26.9 Å². The fourth-order valence-corrected chi connectivity index (χ4v) is 3.11. The van der Waals surface area contributed by atoms with Crippen LogP contribution in [-0.2, 0) is 14.3 Å². The first-order valence-corrected chi connectivity index (χ1v) is 9.57. The Balaban J connectivity index is 1.88. The van der Waals surface area contributed by atoms with Gasteiger partial charge in [0.25, 0.3) is 11.8 Å². The predicted octanol–water partition coefficient (Wildman–Crippen LogP) is 4.65. The van der Waals surface area contributed by atoms with E-state index in [0.29, 0.717) is 10.7 Å². The number of imide groups is 1. The van der Waals surface area contributed by atoms with Gasteiger partial charge in [-0.2, -0.15) is 0 Å². The molecule has 0 unspecified atom stereocenters. The fraction of sp³-hybridized carbons (Fsp3) is 0.190. The molecule has 2 aromatic rings. The number of hydrogen-bond acceptors (Lipinski definition) is 5. The number of nitrogens with one attached hydrogen (secondary N) is 1. The van der Waals surface area contributed by atoms with E-state index < -0.39 is 17.8 Å². The normalized spacial score (nSPS) is 14.1. The molecule has 0 atom stereocenters. The summed E-state index contributed by atoms with van der Waals surface area (Å²) in [6.45, 7) is 5.31. The van der Waals surface area contributed by atoms with Gasteiger partial charge in [-0.05, 0) is 56.7 Å². The molecule has 0 aromatic heterocycles.